The second-order valence-electron chi connectivity index (χ2n) is 8.01. The highest BCUT2D eigenvalue weighted by atomic mass is 16.2. The van der Waals surface area contributed by atoms with E-state index in [9.17, 15) is 4.79 Å². The molecular weight excluding hydrogens is 310 g/mol. The van der Waals surface area contributed by atoms with Crippen LogP contribution in [0.1, 0.15) is 48.5 Å². The van der Waals surface area contributed by atoms with Gasteiger partial charge in [-0.05, 0) is 69.8 Å². The normalized spacial score (nSPS) is 23.2. The first-order valence-corrected chi connectivity index (χ1v) is 9.86. The molecule has 25 heavy (non-hydrogen) atoms. The lowest BCUT2D eigenvalue weighted by Gasteiger charge is -2.40. The molecule has 132 valence electrons. The van der Waals surface area contributed by atoms with E-state index in [4.69, 9.17) is 0 Å². The van der Waals surface area contributed by atoms with Gasteiger partial charge in [-0.2, -0.15) is 0 Å². The Bertz CT molecular complexity index is 831. The summed E-state index contributed by atoms with van der Waals surface area (Å²) in [6, 6.07) is 7.13. The van der Waals surface area contributed by atoms with Gasteiger partial charge in [-0.3, -0.25) is 9.69 Å². The van der Waals surface area contributed by atoms with Crippen molar-refractivity contribution in [2.45, 2.75) is 51.6 Å². The van der Waals surface area contributed by atoms with Gasteiger partial charge in [-0.25, -0.2) is 0 Å². The first-order valence-electron chi connectivity index (χ1n) is 9.86. The predicted octanol–water partition coefficient (Wildman–Crippen LogP) is 3.27. The Hall–Kier alpha value is -1.81. The first-order chi connectivity index (χ1) is 12.2. The van der Waals surface area contributed by atoms with Crippen LogP contribution in [0.25, 0.3) is 10.9 Å². The molecular formula is C21H27N3O. The van der Waals surface area contributed by atoms with Crippen LogP contribution in [0.3, 0.4) is 0 Å². The minimum absolute atomic E-state index is 0.292. The molecule has 1 atom stereocenters. The minimum atomic E-state index is 0.292. The molecule has 4 nitrogen and oxygen atoms in total. The molecule has 3 heterocycles. The molecule has 0 N–H and O–H groups in total. The van der Waals surface area contributed by atoms with E-state index >= 15 is 0 Å². The fraction of sp³-hybridized carbons (Fsp3) is 0.571. The molecule has 0 saturated carbocycles. The molecule has 1 amide bonds. The summed E-state index contributed by atoms with van der Waals surface area (Å²) in [5.74, 6) is 0.340. The molecule has 1 aromatic carbocycles. The van der Waals surface area contributed by atoms with E-state index in [1.807, 2.05) is 0 Å². The van der Waals surface area contributed by atoms with Crippen molar-refractivity contribution in [1.29, 1.82) is 0 Å². The van der Waals surface area contributed by atoms with Crippen molar-refractivity contribution in [3.63, 3.8) is 0 Å². The highest BCUT2D eigenvalue weighted by molar-refractivity contribution is 5.88. The summed E-state index contributed by atoms with van der Waals surface area (Å²) < 4.78 is 2.51. The van der Waals surface area contributed by atoms with Crippen LogP contribution in [0.2, 0.25) is 0 Å². The van der Waals surface area contributed by atoms with Crippen LogP contribution in [0.15, 0.2) is 18.2 Å². The molecule has 1 aromatic heterocycles. The van der Waals surface area contributed by atoms with Gasteiger partial charge < -0.3 is 9.47 Å². The van der Waals surface area contributed by atoms with E-state index in [1.54, 1.807) is 0 Å². The topological polar surface area (TPSA) is 28.5 Å². The second kappa shape index (κ2) is 5.87. The number of aryl methyl sites for hydroxylation is 2. The van der Waals surface area contributed by atoms with E-state index in [-0.39, 0.29) is 0 Å². The van der Waals surface area contributed by atoms with Crippen LogP contribution in [0.4, 0.5) is 0 Å². The smallest absolute Gasteiger partial charge is 0.237 e. The largest absolute Gasteiger partial charge is 0.341 e. The lowest BCUT2D eigenvalue weighted by molar-refractivity contribution is -0.136. The van der Waals surface area contributed by atoms with Gasteiger partial charge in [0.1, 0.15) is 0 Å². The van der Waals surface area contributed by atoms with Crippen molar-refractivity contribution in [1.82, 2.24) is 14.4 Å². The van der Waals surface area contributed by atoms with Crippen molar-refractivity contribution in [3.8, 4) is 0 Å². The molecule has 0 radical (unpaired) electrons. The molecule has 4 heteroatoms. The van der Waals surface area contributed by atoms with E-state index < -0.39 is 0 Å². The SMILES string of the molecule is Cc1ccc2c(c1)c1c3n2CCN(C(=O)CN2CCCC2)[C@H]3CCC1. The number of carbonyl (C=O) groups excluding carboxylic acids is 1. The Morgan fingerprint density at radius 1 is 1.12 bits per heavy atom. The van der Waals surface area contributed by atoms with Gasteiger partial charge in [-0.15, -0.1) is 0 Å². The third-order valence-corrected chi connectivity index (χ3v) is 6.41. The van der Waals surface area contributed by atoms with E-state index in [0.29, 0.717) is 18.5 Å². The highest BCUT2D eigenvalue weighted by Gasteiger charge is 2.37. The molecule has 1 fully saturated rings. The van der Waals surface area contributed by atoms with Crippen molar-refractivity contribution in [2.24, 2.45) is 0 Å². The van der Waals surface area contributed by atoms with Gasteiger partial charge in [0.15, 0.2) is 0 Å². The van der Waals surface area contributed by atoms with Crippen LogP contribution in [-0.2, 0) is 17.8 Å². The zero-order valence-corrected chi connectivity index (χ0v) is 15.1. The van der Waals surface area contributed by atoms with Gasteiger partial charge in [-0.1, -0.05) is 11.6 Å². The van der Waals surface area contributed by atoms with Crippen molar-refractivity contribution < 1.29 is 4.79 Å². The molecule has 1 saturated heterocycles. The van der Waals surface area contributed by atoms with E-state index in [2.05, 4.69) is 39.5 Å². The minimum Gasteiger partial charge on any atom is -0.341 e. The standard InChI is InChI=1S/C21H27N3O/c1-15-7-8-18-17(13-15)16-5-4-6-19-21(16)24(18)12-11-23(19)20(25)14-22-9-2-3-10-22/h7-8,13,19H,2-6,9-12,14H2,1H3/t19-/m0/s1. The number of hydrogen-bond acceptors (Lipinski definition) is 2. The second-order valence-corrected chi connectivity index (χ2v) is 8.01. The maximum absolute atomic E-state index is 13.0. The Balaban J connectivity index is 1.52. The number of amides is 1. The zero-order valence-electron chi connectivity index (χ0n) is 15.1. The number of rotatable bonds is 2. The third-order valence-electron chi connectivity index (χ3n) is 6.41. The van der Waals surface area contributed by atoms with Crippen molar-refractivity contribution in [3.05, 3.63) is 35.0 Å². The van der Waals surface area contributed by atoms with Crippen LogP contribution in [0, 0.1) is 6.92 Å². The Kier molecular flexibility index (Phi) is 3.63. The van der Waals surface area contributed by atoms with Gasteiger partial charge in [0.2, 0.25) is 5.91 Å². The van der Waals surface area contributed by atoms with Crippen LogP contribution in [-0.4, -0.2) is 46.5 Å². The summed E-state index contributed by atoms with van der Waals surface area (Å²) in [5, 5.41) is 1.42. The Morgan fingerprint density at radius 3 is 2.80 bits per heavy atom. The van der Waals surface area contributed by atoms with Crippen LogP contribution in [0.5, 0.6) is 0 Å². The molecule has 0 bridgehead atoms. The molecule has 2 aromatic rings. The molecule has 2 aliphatic heterocycles. The monoisotopic (exact) mass is 337 g/mol. The van der Waals surface area contributed by atoms with Crippen molar-refractivity contribution in [2.75, 3.05) is 26.2 Å². The fourth-order valence-electron chi connectivity index (χ4n) is 5.24. The van der Waals surface area contributed by atoms with Gasteiger partial charge in [0.05, 0.1) is 12.6 Å². The first kappa shape index (κ1) is 15.4. The van der Waals surface area contributed by atoms with Gasteiger partial charge >= 0.3 is 0 Å². The fourth-order valence-corrected chi connectivity index (χ4v) is 5.24. The maximum atomic E-state index is 13.0. The van der Waals surface area contributed by atoms with Gasteiger partial charge in [0.25, 0.3) is 0 Å². The molecule has 1 aliphatic carbocycles. The number of benzene rings is 1. The van der Waals surface area contributed by atoms with Crippen LogP contribution >= 0.6 is 0 Å². The average Bonchev–Trinajstić information content (AvgIpc) is 3.23. The summed E-state index contributed by atoms with van der Waals surface area (Å²) in [5.41, 5.74) is 5.64. The number of hydrogen-bond donors (Lipinski definition) is 0. The molecule has 0 spiro atoms. The molecule has 0 unspecified atom stereocenters. The summed E-state index contributed by atoms with van der Waals surface area (Å²) in [4.78, 5) is 17.5. The maximum Gasteiger partial charge on any atom is 0.237 e. The van der Waals surface area contributed by atoms with Gasteiger partial charge in [0, 0.05) is 29.7 Å². The third kappa shape index (κ3) is 2.42. The quantitative estimate of drug-likeness (QED) is 0.841. The Labute approximate surface area is 149 Å². The number of fused-ring (bicyclic) bond motifs is 3. The Morgan fingerprint density at radius 2 is 1.96 bits per heavy atom. The highest BCUT2D eigenvalue weighted by Crippen LogP contribution is 2.42. The predicted molar refractivity (Wildman–Crippen MR) is 99.7 cm³/mol. The summed E-state index contributed by atoms with van der Waals surface area (Å²) in [7, 11) is 0. The number of aromatic nitrogens is 1. The van der Waals surface area contributed by atoms with E-state index in [0.717, 1.165) is 39.0 Å². The summed E-state index contributed by atoms with van der Waals surface area (Å²) in [6.07, 6.45) is 5.96. The summed E-state index contributed by atoms with van der Waals surface area (Å²) in [6.45, 7) is 6.78. The zero-order chi connectivity index (χ0) is 17.0. The summed E-state index contributed by atoms with van der Waals surface area (Å²) >= 11 is 0. The lowest BCUT2D eigenvalue weighted by atomic mass is 9.89. The molecule has 3 aliphatic rings. The average molecular weight is 337 g/mol. The number of nitrogens with zero attached hydrogens (tertiary/aromatic N) is 3. The van der Waals surface area contributed by atoms with E-state index in [1.165, 1.54) is 47.0 Å². The lowest BCUT2D eigenvalue weighted by Crippen LogP contribution is -2.47. The van der Waals surface area contributed by atoms with Crippen molar-refractivity contribution >= 4 is 16.8 Å². The number of likely N-dealkylation sites (tertiary alicyclic amines) is 1. The number of carbonyl (C=O) groups is 1. The van der Waals surface area contributed by atoms with Crippen LogP contribution < -0.4 is 0 Å². The molecule has 5 rings (SSSR count).